The van der Waals surface area contributed by atoms with E-state index in [2.05, 4.69) is 12.6 Å². The van der Waals surface area contributed by atoms with Gasteiger partial charge >= 0.3 is 0 Å². The molecule has 1 fully saturated rings. The minimum absolute atomic E-state index is 0.125. The van der Waals surface area contributed by atoms with E-state index in [0.717, 1.165) is 12.8 Å². The maximum atomic E-state index is 12.3. The lowest BCUT2D eigenvalue weighted by atomic mass is 10.2. The standard InChI is InChI=1S/C11H15NO3S2/c13-8-9-3-2-6-12(9)17(14,15)11-5-1-4-10(16)7-11/h1,4-5,7,9,13,16H,2-3,6,8H2/t9-/m0/s1. The molecule has 1 heterocycles. The molecule has 0 radical (unpaired) electrons. The molecule has 0 saturated carbocycles. The zero-order chi connectivity index (χ0) is 12.5. The van der Waals surface area contributed by atoms with Gasteiger partial charge in [0.15, 0.2) is 0 Å². The molecule has 0 bridgehead atoms. The van der Waals surface area contributed by atoms with Crippen molar-refractivity contribution in [2.75, 3.05) is 13.2 Å². The molecule has 0 unspecified atom stereocenters. The summed E-state index contributed by atoms with van der Waals surface area (Å²) in [5.74, 6) is 0. The Morgan fingerprint density at radius 2 is 2.24 bits per heavy atom. The number of sulfonamides is 1. The second-order valence-corrected chi connectivity index (χ2v) is 6.50. The van der Waals surface area contributed by atoms with Crippen LogP contribution in [0.4, 0.5) is 0 Å². The summed E-state index contributed by atoms with van der Waals surface area (Å²) in [6.45, 7) is 0.351. The van der Waals surface area contributed by atoms with Gasteiger partial charge in [-0.3, -0.25) is 0 Å². The molecular weight excluding hydrogens is 258 g/mol. The predicted octanol–water partition coefficient (Wildman–Crippen LogP) is 1.12. The molecule has 2 rings (SSSR count). The maximum Gasteiger partial charge on any atom is 0.243 e. The van der Waals surface area contributed by atoms with Gasteiger partial charge in [-0.2, -0.15) is 4.31 Å². The van der Waals surface area contributed by atoms with Gasteiger partial charge in [-0.1, -0.05) is 6.07 Å². The van der Waals surface area contributed by atoms with Crippen LogP contribution in [0.5, 0.6) is 0 Å². The van der Waals surface area contributed by atoms with E-state index in [-0.39, 0.29) is 17.5 Å². The third-order valence-corrected chi connectivity index (χ3v) is 5.18. The van der Waals surface area contributed by atoms with Crippen LogP contribution in [0.25, 0.3) is 0 Å². The Bertz CT molecular complexity index is 501. The minimum Gasteiger partial charge on any atom is -0.395 e. The fourth-order valence-electron chi connectivity index (χ4n) is 2.09. The Kier molecular flexibility index (Phi) is 3.77. The average molecular weight is 273 g/mol. The predicted molar refractivity (Wildman–Crippen MR) is 67.7 cm³/mol. The zero-order valence-electron chi connectivity index (χ0n) is 9.28. The van der Waals surface area contributed by atoms with Gasteiger partial charge in [0.05, 0.1) is 11.5 Å². The molecule has 4 nitrogen and oxygen atoms in total. The summed E-state index contributed by atoms with van der Waals surface area (Å²) in [6, 6.07) is 6.20. The molecule has 6 heteroatoms. The normalized spacial score (nSPS) is 21.9. The van der Waals surface area contributed by atoms with Crippen LogP contribution in [0.15, 0.2) is 34.1 Å². The molecule has 0 spiro atoms. The van der Waals surface area contributed by atoms with E-state index >= 15 is 0 Å². The molecule has 1 aliphatic heterocycles. The van der Waals surface area contributed by atoms with Crippen LogP contribution in [0.2, 0.25) is 0 Å². The van der Waals surface area contributed by atoms with Gasteiger partial charge < -0.3 is 5.11 Å². The van der Waals surface area contributed by atoms with Crippen molar-refractivity contribution in [2.45, 2.75) is 28.7 Å². The highest BCUT2D eigenvalue weighted by molar-refractivity contribution is 7.89. The van der Waals surface area contributed by atoms with Gasteiger partial charge in [-0.15, -0.1) is 12.6 Å². The van der Waals surface area contributed by atoms with E-state index in [1.807, 2.05) is 0 Å². The van der Waals surface area contributed by atoms with Crippen LogP contribution in [0, 0.1) is 0 Å². The Balaban J connectivity index is 2.36. The molecule has 0 aromatic heterocycles. The summed E-state index contributed by atoms with van der Waals surface area (Å²) in [4.78, 5) is 0.858. The first-order valence-electron chi connectivity index (χ1n) is 5.47. The molecule has 1 N–H and O–H groups in total. The Morgan fingerprint density at radius 1 is 1.47 bits per heavy atom. The third kappa shape index (κ3) is 2.49. The fraction of sp³-hybridized carbons (Fsp3) is 0.455. The van der Waals surface area contributed by atoms with Crippen molar-refractivity contribution in [3.05, 3.63) is 24.3 Å². The van der Waals surface area contributed by atoms with Gasteiger partial charge in [-0.25, -0.2) is 8.42 Å². The molecule has 1 saturated heterocycles. The average Bonchev–Trinajstić information content (AvgIpc) is 2.77. The monoisotopic (exact) mass is 273 g/mol. The highest BCUT2D eigenvalue weighted by Crippen LogP contribution is 2.26. The first kappa shape index (κ1) is 12.9. The lowest BCUT2D eigenvalue weighted by molar-refractivity contribution is 0.213. The van der Waals surface area contributed by atoms with Crippen LogP contribution >= 0.6 is 12.6 Å². The van der Waals surface area contributed by atoms with E-state index in [0.29, 0.717) is 11.4 Å². The first-order chi connectivity index (χ1) is 8.05. The number of hydrogen-bond donors (Lipinski definition) is 2. The molecule has 0 amide bonds. The number of thiol groups is 1. The highest BCUT2D eigenvalue weighted by atomic mass is 32.2. The molecular formula is C11H15NO3S2. The summed E-state index contributed by atoms with van der Waals surface area (Å²) >= 11 is 4.14. The maximum absolute atomic E-state index is 12.3. The molecule has 94 valence electrons. The Labute approximate surface area is 107 Å². The van der Waals surface area contributed by atoms with Crippen molar-refractivity contribution in [3.63, 3.8) is 0 Å². The highest BCUT2D eigenvalue weighted by Gasteiger charge is 2.34. The lowest BCUT2D eigenvalue weighted by Gasteiger charge is -2.22. The van der Waals surface area contributed by atoms with Gasteiger partial charge in [-0.05, 0) is 31.0 Å². The molecule has 1 aliphatic rings. The van der Waals surface area contributed by atoms with Crippen LogP contribution in [0.1, 0.15) is 12.8 Å². The summed E-state index contributed by atoms with van der Waals surface area (Å²) < 4.78 is 26.1. The number of rotatable bonds is 3. The number of aliphatic hydroxyl groups excluding tert-OH is 1. The van der Waals surface area contributed by atoms with Crippen LogP contribution < -0.4 is 0 Å². The topological polar surface area (TPSA) is 57.6 Å². The molecule has 1 aromatic rings. The molecule has 1 aromatic carbocycles. The van der Waals surface area contributed by atoms with Gasteiger partial charge in [0.25, 0.3) is 0 Å². The van der Waals surface area contributed by atoms with E-state index in [1.54, 1.807) is 18.2 Å². The Hall–Kier alpha value is -0.560. The van der Waals surface area contributed by atoms with Crippen molar-refractivity contribution in [3.8, 4) is 0 Å². The van der Waals surface area contributed by atoms with E-state index in [9.17, 15) is 13.5 Å². The molecule has 0 aliphatic carbocycles. The van der Waals surface area contributed by atoms with Gasteiger partial charge in [0, 0.05) is 17.5 Å². The summed E-state index contributed by atoms with van der Waals surface area (Å²) in [6.07, 6.45) is 1.52. The van der Waals surface area contributed by atoms with Crippen LogP contribution in [-0.2, 0) is 10.0 Å². The number of benzene rings is 1. The van der Waals surface area contributed by atoms with E-state index in [1.165, 1.54) is 10.4 Å². The second kappa shape index (κ2) is 4.97. The lowest BCUT2D eigenvalue weighted by Crippen LogP contribution is -2.37. The van der Waals surface area contributed by atoms with Gasteiger partial charge in [0.2, 0.25) is 10.0 Å². The van der Waals surface area contributed by atoms with E-state index in [4.69, 9.17) is 0 Å². The van der Waals surface area contributed by atoms with Crippen LogP contribution in [0.3, 0.4) is 0 Å². The quantitative estimate of drug-likeness (QED) is 0.812. The largest absolute Gasteiger partial charge is 0.395 e. The first-order valence-corrected chi connectivity index (χ1v) is 7.36. The number of hydrogen-bond acceptors (Lipinski definition) is 4. The van der Waals surface area contributed by atoms with Gasteiger partial charge in [0.1, 0.15) is 0 Å². The zero-order valence-corrected chi connectivity index (χ0v) is 11.0. The molecule has 17 heavy (non-hydrogen) atoms. The fourth-order valence-corrected chi connectivity index (χ4v) is 4.13. The number of nitrogens with zero attached hydrogens (tertiary/aromatic N) is 1. The SMILES string of the molecule is O=S(=O)(c1cccc(S)c1)N1CCC[C@H]1CO. The smallest absolute Gasteiger partial charge is 0.243 e. The second-order valence-electron chi connectivity index (χ2n) is 4.09. The van der Waals surface area contributed by atoms with Crippen molar-refractivity contribution in [2.24, 2.45) is 0 Å². The van der Waals surface area contributed by atoms with Crippen LogP contribution in [-0.4, -0.2) is 37.0 Å². The molecule has 1 atom stereocenters. The van der Waals surface area contributed by atoms with E-state index < -0.39 is 10.0 Å². The minimum atomic E-state index is -3.50. The summed E-state index contributed by atoms with van der Waals surface area (Å²) in [7, 11) is -3.50. The third-order valence-electron chi connectivity index (χ3n) is 2.96. The number of aliphatic hydroxyl groups is 1. The van der Waals surface area contributed by atoms with Crippen molar-refractivity contribution < 1.29 is 13.5 Å². The van der Waals surface area contributed by atoms with Crippen molar-refractivity contribution >= 4 is 22.7 Å². The van der Waals surface area contributed by atoms with Crippen molar-refractivity contribution in [1.29, 1.82) is 0 Å². The van der Waals surface area contributed by atoms with Crippen molar-refractivity contribution in [1.82, 2.24) is 4.31 Å². The summed E-state index contributed by atoms with van der Waals surface area (Å²) in [5.41, 5.74) is 0. The summed E-state index contributed by atoms with van der Waals surface area (Å²) in [5, 5.41) is 9.18. The Morgan fingerprint density at radius 3 is 2.88 bits per heavy atom.